The molecule has 1 aromatic rings. The van der Waals surface area contributed by atoms with E-state index in [1.54, 1.807) is 0 Å². The Morgan fingerprint density at radius 1 is 0.821 bits per heavy atom. The van der Waals surface area contributed by atoms with Crippen LogP contribution in [0.4, 0.5) is 21.0 Å². The summed E-state index contributed by atoms with van der Waals surface area (Å²) in [4.78, 5) is 29.2. The summed E-state index contributed by atoms with van der Waals surface area (Å²) < 4.78 is 0. The topological polar surface area (TPSA) is 64.7 Å². The molecule has 6 nitrogen and oxygen atoms in total. The van der Waals surface area contributed by atoms with Crippen molar-refractivity contribution in [3.05, 3.63) is 24.3 Å². The van der Waals surface area contributed by atoms with Crippen molar-refractivity contribution in [3.8, 4) is 0 Å². The van der Waals surface area contributed by atoms with Gasteiger partial charge in [0.15, 0.2) is 0 Å². The Balaban J connectivity index is 1.62. The van der Waals surface area contributed by atoms with Crippen LogP contribution in [0.15, 0.2) is 24.3 Å². The highest BCUT2D eigenvalue weighted by atomic mass is 16.2. The number of hydrogen-bond donors (Lipinski definition) is 2. The molecule has 0 aromatic heterocycles. The highest BCUT2D eigenvalue weighted by molar-refractivity contribution is 5.93. The molecule has 0 bridgehead atoms. The van der Waals surface area contributed by atoms with E-state index in [2.05, 4.69) is 38.3 Å². The van der Waals surface area contributed by atoms with Crippen LogP contribution in [0.3, 0.4) is 0 Å². The van der Waals surface area contributed by atoms with Gasteiger partial charge in [0, 0.05) is 36.5 Å². The molecule has 2 heterocycles. The normalized spacial score (nSPS) is 28.0. The van der Waals surface area contributed by atoms with Gasteiger partial charge >= 0.3 is 12.1 Å². The number of benzene rings is 1. The van der Waals surface area contributed by atoms with Gasteiger partial charge in [-0.1, -0.05) is 19.9 Å². The fourth-order valence-electron chi connectivity index (χ4n) is 4.31. The van der Waals surface area contributed by atoms with Gasteiger partial charge in [0.05, 0.1) is 0 Å². The van der Waals surface area contributed by atoms with Crippen LogP contribution in [0.5, 0.6) is 0 Å². The van der Waals surface area contributed by atoms with Gasteiger partial charge in [-0.05, 0) is 69.6 Å². The standard InChI is InChI=1S/C22H34N4O2/c1-15-8-6-12-25(17(15)3)21(27)23-19-10-5-11-20(14-19)24-22(28)26-13-7-9-16(2)18(26)4/h5,10-11,14-18H,6-9,12-13H2,1-4H3,(H,23,27)(H,24,28)/t15-,16-,17-,18+/m0/s1. The Kier molecular flexibility index (Phi) is 6.47. The molecule has 6 heteroatoms. The third-order valence-corrected chi connectivity index (χ3v) is 6.63. The Hall–Kier alpha value is -2.24. The second-order valence-corrected chi connectivity index (χ2v) is 8.55. The minimum absolute atomic E-state index is 0.0685. The largest absolute Gasteiger partial charge is 0.322 e. The lowest BCUT2D eigenvalue weighted by atomic mass is 9.92. The number of piperidine rings is 2. The van der Waals surface area contributed by atoms with Crippen LogP contribution in [0.2, 0.25) is 0 Å². The second-order valence-electron chi connectivity index (χ2n) is 8.55. The number of likely N-dealkylation sites (tertiary alicyclic amines) is 2. The summed E-state index contributed by atoms with van der Waals surface area (Å²) in [6, 6.07) is 7.73. The van der Waals surface area contributed by atoms with Gasteiger partial charge in [0.2, 0.25) is 0 Å². The van der Waals surface area contributed by atoms with Gasteiger partial charge in [0.25, 0.3) is 0 Å². The third-order valence-electron chi connectivity index (χ3n) is 6.63. The van der Waals surface area contributed by atoms with Gasteiger partial charge in [-0.3, -0.25) is 0 Å². The highest BCUT2D eigenvalue weighted by Gasteiger charge is 2.29. The molecule has 0 aliphatic carbocycles. The molecule has 0 radical (unpaired) electrons. The molecule has 2 aliphatic heterocycles. The van der Waals surface area contributed by atoms with Gasteiger partial charge < -0.3 is 20.4 Å². The van der Waals surface area contributed by atoms with Crippen LogP contribution in [-0.4, -0.2) is 47.0 Å². The first-order valence-corrected chi connectivity index (χ1v) is 10.6. The Bertz CT molecular complexity index is 652. The average molecular weight is 387 g/mol. The van der Waals surface area contributed by atoms with Crippen LogP contribution < -0.4 is 10.6 Å². The monoisotopic (exact) mass is 386 g/mol. The van der Waals surface area contributed by atoms with Crippen LogP contribution in [0.1, 0.15) is 53.4 Å². The lowest BCUT2D eigenvalue weighted by Gasteiger charge is -2.38. The number of amides is 4. The smallest absolute Gasteiger partial charge is 0.322 e. The SMILES string of the molecule is C[C@@H]1[C@@H](C)CCCN1C(=O)Nc1cccc(NC(=O)N2CCC[C@H](C)[C@@H]2C)c1. The number of nitrogens with one attached hydrogen (secondary N) is 2. The fourth-order valence-corrected chi connectivity index (χ4v) is 4.31. The molecule has 2 fully saturated rings. The molecule has 4 amide bonds. The van der Waals surface area contributed by atoms with Crippen molar-refractivity contribution in [1.82, 2.24) is 9.80 Å². The summed E-state index contributed by atoms with van der Waals surface area (Å²) in [6.07, 6.45) is 4.42. The van der Waals surface area contributed by atoms with E-state index < -0.39 is 0 Å². The van der Waals surface area contributed by atoms with E-state index in [9.17, 15) is 9.59 Å². The molecule has 2 saturated heterocycles. The van der Waals surface area contributed by atoms with Crippen LogP contribution in [0.25, 0.3) is 0 Å². The second kappa shape index (κ2) is 8.84. The third kappa shape index (κ3) is 4.59. The zero-order chi connectivity index (χ0) is 20.3. The molecule has 2 N–H and O–H groups in total. The number of carbonyl (C=O) groups is 2. The number of nitrogens with zero attached hydrogens (tertiary/aromatic N) is 2. The van der Waals surface area contributed by atoms with Crippen LogP contribution in [0, 0.1) is 11.8 Å². The van der Waals surface area contributed by atoms with E-state index in [4.69, 9.17) is 0 Å². The van der Waals surface area contributed by atoms with E-state index in [0.717, 1.165) is 25.9 Å². The zero-order valence-electron chi connectivity index (χ0n) is 17.6. The molecule has 0 spiro atoms. The predicted molar refractivity (Wildman–Crippen MR) is 114 cm³/mol. The summed E-state index contributed by atoms with van der Waals surface area (Å²) in [6.45, 7) is 10.2. The Morgan fingerprint density at radius 2 is 1.25 bits per heavy atom. The van der Waals surface area contributed by atoms with Gasteiger partial charge in [-0.2, -0.15) is 0 Å². The quantitative estimate of drug-likeness (QED) is 0.752. The number of urea groups is 2. The molecule has 1 aromatic carbocycles. The van der Waals surface area contributed by atoms with Gasteiger partial charge in [0.1, 0.15) is 0 Å². The van der Waals surface area contributed by atoms with Gasteiger partial charge in [-0.15, -0.1) is 0 Å². The molecular weight excluding hydrogens is 352 g/mol. The maximum absolute atomic E-state index is 12.7. The molecule has 4 atom stereocenters. The summed E-state index contributed by atoms with van der Waals surface area (Å²) in [7, 11) is 0. The summed E-state index contributed by atoms with van der Waals surface area (Å²) in [5, 5.41) is 5.99. The lowest BCUT2D eigenvalue weighted by Crippen LogP contribution is -2.48. The van der Waals surface area contributed by atoms with Crippen molar-refractivity contribution in [3.63, 3.8) is 0 Å². The lowest BCUT2D eigenvalue weighted by molar-refractivity contribution is 0.138. The maximum Gasteiger partial charge on any atom is 0.322 e. The van der Waals surface area contributed by atoms with Crippen molar-refractivity contribution in [2.24, 2.45) is 11.8 Å². The number of hydrogen-bond acceptors (Lipinski definition) is 2. The maximum atomic E-state index is 12.7. The molecular formula is C22H34N4O2. The van der Waals surface area contributed by atoms with E-state index in [-0.39, 0.29) is 24.1 Å². The van der Waals surface area contributed by atoms with E-state index in [0.29, 0.717) is 23.2 Å². The van der Waals surface area contributed by atoms with Crippen LogP contribution >= 0.6 is 0 Å². The molecule has 0 unspecified atom stereocenters. The first kappa shape index (κ1) is 20.5. The minimum Gasteiger partial charge on any atom is -0.322 e. The Morgan fingerprint density at radius 3 is 1.68 bits per heavy atom. The number of carbonyl (C=O) groups excluding carboxylic acids is 2. The van der Waals surface area contributed by atoms with Crippen molar-refractivity contribution in [2.45, 2.75) is 65.5 Å². The van der Waals surface area contributed by atoms with Gasteiger partial charge in [-0.25, -0.2) is 9.59 Å². The van der Waals surface area contributed by atoms with Crippen molar-refractivity contribution in [1.29, 1.82) is 0 Å². The summed E-state index contributed by atoms with van der Waals surface area (Å²) in [5.41, 5.74) is 1.40. The number of anilines is 2. The molecule has 154 valence electrons. The summed E-state index contributed by atoms with van der Waals surface area (Å²) >= 11 is 0. The van der Waals surface area contributed by atoms with E-state index in [1.807, 2.05) is 34.1 Å². The van der Waals surface area contributed by atoms with Crippen molar-refractivity contribution < 1.29 is 9.59 Å². The zero-order valence-corrected chi connectivity index (χ0v) is 17.6. The van der Waals surface area contributed by atoms with E-state index in [1.165, 1.54) is 12.8 Å². The van der Waals surface area contributed by atoms with Crippen molar-refractivity contribution >= 4 is 23.4 Å². The minimum atomic E-state index is -0.0685. The molecule has 3 rings (SSSR count). The molecule has 28 heavy (non-hydrogen) atoms. The average Bonchev–Trinajstić information content (AvgIpc) is 2.66. The summed E-state index contributed by atoms with van der Waals surface area (Å²) in [5.74, 6) is 1.03. The number of rotatable bonds is 2. The van der Waals surface area contributed by atoms with Crippen LogP contribution in [-0.2, 0) is 0 Å². The molecule has 0 saturated carbocycles. The first-order valence-electron chi connectivity index (χ1n) is 10.6. The Labute approximate surface area is 168 Å². The molecule has 2 aliphatic rings. The highest BCUT2D eigenvalue weighted by Crippen LogP contribution is 2.26. The van der Waals surface area contributed by atoms with Crippen molar-refractivity contribution in [2.75, 3.05) is 23.7 Å². The van der Waals surface area contributed by atoms with E-state index >= 15 is 0 Å². The predicted octanol–water partition coefficient (Wildman–Crippen LogP) is 4.99. The fraction of sp³-hybridized carbons (Fsp3) is 0.636. The first-order chi connectivity index (χ1) is 13.4.